The second-order valence-electron chi connectivity index (χ2n) is 8.08. The van der Waals surface area contributed by atoms with Crippen LogP contribution in [-0.2, 0) is 9.53 Å². The van der Waals surface area contributed by atoms with Gasteiger partial charge < -0.3 is 14.9 Å². The number of hydrogen-bond acceptors (Lipinski definition) is 3. The van der Waals surface area contributed by atoms with Crippen LogP contribution >= 0.6 is 0 Å². The van der Waals surface area contributed by atoms with E-state index >= 15 is 0 Å². The van der Waals surface area contributed by atoms with Crippen LogP contribution in [0.5, 0.6) is 5.75 Å². The molecular formula is C21H26O4. The first-order valence-electron chi connectivity index (χ1n) is 9.41. The molecule has 4 saturated carbocycles. The molecule has 2 N–H and O–H groups in total. The average molecular weight is 342 g/mol. The van der Waals surface area contributed by atoms with Crippen molar-refractivity contribution in [2.24, 2.45) is 17.8 Å². The van der Waals surface area contributed by atoms with Gasteiger partial charge in [-0.3, -0.25) is 4.79 Å². The number of aliphatic carboxylic acids is 1. The first-order chi connectivity index (χ1) is 12.0. The standard InChI is InChI=1S/C21H26O4/c22-18-4-1-3-14(10-18)11-19-17-8-15-7-16(9-17)13-21(19,12-15)25-6-2-5-20(23)24/h1,3-4,10-11,15-17,22H,2,5-9,12-13H2,(H,23,24). The lowest BCUT2D eigenvalue weighted by Gasteiger charge is -2.58. The Hall–Kier alpha value is -1.81. The Morgan fingerprint density at radius 2 is 2.00 bits per heavy atom. The van der Waals surface area contributed by atoms with Crippen LogP contribution in [0.2, 0.25) is 0 Å². The molecule has 5 rings (SSSR count). The quantitative estimate of drug-likeness (QED) is 0.759. The van der Waals surface area contributed by atoms with Gasteiger partial charge in [-0.15, -0.1) is 0 Å². The van der Waals surface area contributed by atoms with Crippen LogP contribution < -0.4 is 0 Å². The third-order valence-electron chi connectivity index (χ3n) is 6.21. The van der Waals surface area contributed by atoms with E-state index in [2.05, 4.69) is 6.08 Å². The number of benzene rings is 1. The van der Waals surface area contributed by atoms with Crippen molar-refractivity contribution in [2.75, 3.05) is 6.61 Å². The summed E-state index contributed by atoms with van der Waals surface area (Å²) in [5.41, 5.74) is 2.19. The molecule has 4 nitrogen and oxygen atoms in total. The van der Waals surface area contributed by atoms with Crippen molar-refractivity contribution in [3.63, 3.8) is 0 Å². The maximum atomic E-state index is 10.8. The van der Waals surface area contributed by atoms with Gasteiger partial charge in [0.2, 0.25) is 0 Å². The molecule has 4 fully saturated rings. The molecule has 2 atom stereocenters. The van der Waals surface area contributed by atoms with Crippen molar-refractivity contribution in [2.45, 2.75) is 50.5 Å². The fourth-order valence-electron chi connectivity index (χ4n) is 5.51. The third kappa shape index (κ3) is 3.32. The molecule has 0 spiro atoms. The molecule has 1 aromatic rings. The highest BCUT2D eigenvalue weighted by atomic mass is 16.5. The van der Waals surface area contributed by atoms with Gasteiger partial charge in [-0.25, -0.2) is 0 Å². The maximum absolute atomic E-state index is 10.8. The van der Waals surface area contributed by atoms with E-state index in [1.807, 2.05) is 12.1 Å². The SMILES string of the molecule is O=C(O)CCCOC12CC3CC(CC(C3)C1=Cc1cccc(O)c1)C2. The van der Waals surface area contributed by atoms with Crippen LogP contribution in [0.3, 0.4) is 0 Å². The lowest BCUT2D eigenvalue weighted by Crippen LogP contribution is -2.54. The summed E-state index contributed by atoms with van der Waals surface area (Å²) in [5, 5.41) is 18.6. The van der Waals surface area contributed by atoms with Crippen LogP contribution in [0, 0.1) is 17.8 Å². The Morgan fingerprint density at radius 1 is 1.24 bits per heavy atom. The van der Waals surface area contributed by atoms with Gasteiger partial charge >= 0.3 is 5.97 Å². The maximum Gasteiger partial charge on any atom is 0.303 e. The normalized spacial score (nSPS) is 34.6. The van der Waals surface area contributed by atoms with Crippen molar-refractivity contribution in [3.8, 4) is 5.75 Å². The highest BCUT2D eigenvalue weighted by Gasteiger charge is 2.54. The van der Waals surface area contributed by atoms with E-state index in [0.29, 0.717) is 18.9 Å². The highest BCUT2D eigenvalue weighted by Crippen LogP contribution is 2.60. The summed E-state index contributed by atoms with van der Waals surface area (Å²) < 4.78 is 6.41. The summed E-state index contributed by atoms with van der Waals surface area (Å²) in [4.78, 5) is 10.8. The van der Waals surface area contributed by atoms with Crippen molar-refractivity contribution < 1.29 is 19.7 Å². The number of carboxylic acids is 1. The van der Waals surface area contributed by atoms with Crippen molar-refractivity contribution in [1.82, 2.24) is 0 Å². The smallest absolute Gasteiger partial charge is 0.303 e. The summed E-state index contributed by atoms with van der Waals surface area (Å²) in [5.74, 6) is 1.60. The minimum absolute atomic E-state index is 0.165. The lowest BCUT2D eigenvalue weighted by molar-refractivity contribution is -0.139. The van der Waals surface area contributed by atoms with E-state index in [-0.39, 0.29) is 17.8 Å². The number of phenolic OH excluding ortho intramolecular Hbond substituents is 1. The Bertz CT molecular complexity index is 679. The van der Waals surface area contributed by atoms with Gasteiger partial charge in [0.1, 0.15) is 5.75 Å². The highest BCUT2D eigenvalue weighted by molar-refractivity contribution is 5.66. The molecule has 4 bridgehead atoms. The van der Waals surface area contributed by atoms with Gasteiger partial charge in [0, 0.05) is 13.0 Å². The molecule has 4 heteroatoms. The van der Waals surface area contributed by atoms with Gasteiger partial charge in [0.15, 0.2) is 0 Å². The van der Waals surface area contributed by atoms with Crippen LogP contribution in [-0.4, -0.2) is 28.4 Å². The molecule has 0 amide bonds. The third-order valence-corrected chi connectivity index (χ3v) is 6.21. The second-order valence-corrected chi connectivity index (χ2v) is 8.08. The van der Waals surface area contributed by atoms with E-state index in [4.69, 9.17) is 9.84 Å². The van der Waals surface area contributed by atoms with Crippen LogP contribution in [0.4, 0.5) is 0 Å². The molecule has 134 valence electrons. The Kier molecular flexibility index (Phi) is 4.32. The van der Waals surface area contributed by atoms with Gasteiger partial charge in [0.25, 0.3) is 0 Å². The van der Waals surface area contributed by atoms with Crippen molar-refractivity contribution in [3.05, 3.63) is 35.4 Å². The van der Waals surface area contributed by atoms with E-state index in [1.54, 1.807) is 12.1 Å². The molecule has 25 heavy (non-hydrogen) atoms. The molecule has 4 aliphatic carbocycles. The van der Waals surface area contributed by atoms with Gasteiger partial charge in [-0.05, 0) is 79.5 Å². The fraction of sp³-hybridized carbons (Fsp3) is 0.571. The minimum Gasteiger partial charge on any atom is -0.508 e. The van der Waals surface area contributed by atoms with Crippen LogP contribution in [0.1, 0.15) is 50.5 Å². The number of hydrogen-bond donors (Lipinski definition) is 2. The van der Waals surface area contributed by atoms with Gasteiger partial charge in [-0.2, -0.15) is 0 Å². The summed E-state index contributed by atoms with van der Waals surface area (Å²) in [7, 11) is 0. The molecule has 0 heterocycles. The Balaban J connectivity index is 1.59. The monoisotopic (exact) mass is 342 g/mol. The number of phenols is 1. The first-order valence-corrected chi connectivity index (χ1v) is 9.41. The second kappa shape index (κ2) is 6.49. The predicted octanol–water partition coefficient (Wildman–Crippen LogP) is 4.24. The summed E-state index contributed by atoms with van der Waals surface area (Å²) in [6.07, 6.45) is 8.92. The average Bonchev–Trinajstić information content (AvgIpc) is 2.54. The van der Waals surface area contributed by atoms with E-state index in [1.165, 1.54) is 24.8 Å². The molecule has 0 saturated heterocycles. The molecular weight excluding hydrogens is 316 g/mol. The fourth-order valence-corrected chi connectivity index (χ4v) is 5.51. The molecule has 0 aromatic heterocycles. The zero-order valence-corrected chi connectivity index (χ0v) is 14.5. The largest absolute Gasteiger partial charge is 0.508 e. The van der Waals surface area contributed by atoms with Crippen molar-refractivity contribution >= 4 is 12.0 Å². The summed E-state index contributed by atoms with van der Waals surface area (Å²) in [6, 6.07) is 7.39. The van der Waals surface area contributed by atoms with Crippen molar-refractivity contribution in [1.29, 1.82) is 0 Å². The zero-order chi connectivity index (χ0) is 17.4. The minimum atomic E-state index is -0.760. The van der Waals surface area contributed by atoms with E-state index < -0.39 is 5.97 Å². The number of ether oxygens (including phenoxy) is 1. The molecule has 4 aliphatic rings. The van der Waals surface area contributed by atoms with Crippen LogP contribution in [0.15, 0.2) is 29.8 Å². The number of carboxylic acid groups (broad SMARTS) is 1. The van der Waals surface area contributed by atoms with E-state index in [0.717, 1.165) is 30.2 Å². The predicted molar refractivity (Wildman–Crippen MR) is 95.2 cm³/mol. The van der Waals surface area contributed by atoms with Crippen LogP contribution in [0.25, 0.3) is 6.08 Å². The lowest BCUT2D eigenvalue weighted by atomic mass is 9.52. The summed E-state index contributed by atoms with van der Waals surface area (Å²) >= 11 is 0. The van der Waals surface area contributed by atoms with Gasteiger partial charge in [0.05, 0.1) is 5.60 Å². The molecule has 1 aromatic carbocycles. The number of aromatic hydroxyl groups is 1. The molecule has 0 radical (unpaired) electrons. The Labute approximate surface area is 148 Å². The zero-order valence-electron chi connectivity index (χ0n) is 14.5. The number of rotatable bonds is 6. The molecule has 2 unspecified atom stereocenters. The van der Waals surface area contributed by atoms with Gasteiger partial charge in [-0.1, -0.05) is 18.2 Å². The number of carbonyl (C=O) groups is 1. The summed E-state index contributed by atoms with van der Waals surface area (Å²) in [6.45, 7) is 0.510. The first kappa shape index (κ1) is 16.6. The van der Waals surface area contributed by atoms with E-state index in [9.17, 15) is 9.90 Å². The Morgan fingerprint density at radius 3 is 2.68 bits per heavy atom. The topological polar surface area (TPSA) is 66.8 Å². The molecule has 0 aliphatic heterocycles.